The van der Waals surface area contributed by atoms with Crippen LogP contribution in [0.3, 0.4) is 0 Å². The monoisotopic (exact) mass is 222 g/mol. The second-order valence-electron chi connectivity index (χ2n) is 3.05. The molecule has 2 aromatic rings. The van der Waals surface area contributed by atoms with E-state index >= 15 is 0 Å². The normalized spacial score (nSPS) is 10.3. The highest BCUT2D eigenvalue weighted by Gasteiger charge is 2.10. The summed E-state index contributed by atoms with van der Waals surface area (Å²) in [5.41, 5.74) is 3.15. The first-order valence-corrected chi connectivity index (χ1v) is 5.15. The van der Waals surface area contributed by atoms with Gasteiger partial charge in [-0.15, -0.1) is 11.3 Å². The number of H-pyrrole nitrogens is 1. The standard InChI is InChI=1S/C9H10N4OS/c1-5-2-3-8(15-5)6-4-7(13-12-6)9(14)11-10/h2-4H,10H2,1H3,(H,11,14)(H,12,13). The first-order valence-electron chi connectivity index (χ1n) is 4.34. The first kappa shape index (κ1) is 9.88. The zero-order chi connectivity index (χ0) is 10.8. The molecule has 0 aromatic carbocycles. The lowest BCUT2D eigenvalue weighted by molar-refractivity contribution is 0.0948. The quantitative estimate of drug-likeness (QED) is 0.403. The van der Waals surface area contributed by atoms with Gasteiger partial charge in [0.25, 0.3) is 5.91 Å². The SMILES string of the molecule is Cc1ccc(-c2cc(C(=O)NN)n[nH]2)s1. The summed E-state index contributed by atoms with van der Waals surface area (Å²) >= 11 is 1.64. The van der Waals surface area contributed by atoms with Crippen molar-refractivity contribution in [2.24, 2.45) is 5.84 Å². The number of nitrogen functional groups attached to an aromatic ring is 1. The zero-order valence-corrected chi connectivity index (χ0v) is 8.89. The summed E-state index contributed by atoms with van der Waals surface area (Å²) in [6.07, 6.45) is 0. The van der Waals surface area contributed by atoms with E-state index in [9.17, 15) is 4.79 Å². The number of nitrogens with zero attached hydrogens (tertiary/aromatic N) is 1. The second-order valence-corrected chi connectivity index (χ2v) is 4.34. The van der Waals surface area contributed by atoms with Crippen molar-refractivity contribution in [1.29, 1.82) is 0 Å². The van der Waals surface area contributed by atoms with Crippen LogP contribution in [-0.2, 0) is 0 Å². The van der Waals surface area contributed by atoms with Gasteiger partial charge in [-0.05, 0) is 25.1 Å². The number of aromatic nitrogens is 2. The Balaban J connectivity index is 2.31. The molecule has 78 valence electrons. The van der Waals surface area contributed by atoms with Crippen LogP contribution in [0.1, 0.15) is 15.4 Å². The Bertz CT molecular complexity index is 488. The van der Waals surface area contributed by atoms with Crippen molar-refractivity contribution in [2.75, 3.05) is 0 Å². The molecule has 0 aliphatic carbocycles. The molecule has 0 spiro atoms. The second kappa shape index (κ2) is 3.84. The molecule has 6 heteroatoms. The van der Waals surface area contributed by atoms with Gasteiger partial charge in [0, 0.05) is 4.88 Å². The van der Waals surface area contributed by atoms with Crippen LogP contribution in [0.2, 0.25) is 0 Å². The Morgan fingerprint density at radius 1 is 1.60 bits per heavy atom. The molecular formula is C9H10N4OS. The number of nitrogens with two attached hydrogens (primary N) is 1. The van der Waals surface area contributed by atoms with Crippen LogP contribution in [0.4, 0.5) is 0 Å². The molecule has 0 saturated carbocycles. The highest BCUT2D eigenvalue weighted by Crippen LogP contribution is 2.26. The third kappa shape index (κ3) is 1.90. The van der Waals surface area contributed by atoms with E-state index in [0.717, 1.165) is 10.6 Å². The zero-order valence-electron chi connectivity index (χ0n) is 8.07. The number of nitrogens with one attached hydrogen (secondary N) is 2. The third-order valence-corrected chi connectivity index (χ3v) is 2.98. The van der Waals surface area contributed by atoms with Crippen molar-refractivity contribution in [1.82, 2.24) is 15.6 Å². The van der Waals surface area contributed by atoms with Gasteiger partial charge in [-0.2, -0.15) is 5.10 Å². The Hall–Kier alpha value is -1.66. The third-order valence-electron chi connectivity index (χ3n) is 1.95. The van der Waals surface area contributed by atoms with Gasteiger partial charge in [0.1, 0.15) is 0 Å². The number of aromatic amines is 1. The Kier molecular flexibility index (Phi) is 2.53. The average Bonchev–Trinajstić information content (AvgIpc) is 2.84. The molecule has 0 bridgehead atoms. The van der Waals surface area contributed by atoms with E-state index in [-0.39, 0.29) is 0 Å². The molecule has 0 saturated heterocycles. The number of hydrogen-bond acceptors (Lipinski definition) is 4. The summed E-state index contributed by atoms with van der Waals surface area (Å²) in [6.45, 7) is 2.03. The minimum Gasteiger partial charge on any atom is -0.289 e. The lowest BCUT2D eigenvalue weighted by Crippen LogP contribution is -2.30. The fourth-order valence-electron chi connectivity index (χ4n) is 1.22. The molecule has 0 fully saturated rings. The Morgan fingerprint density at radius 3 is 3.00 bits per heavy atom. The molecule has 0 aliphatic heterocycles. The minimum absolute atomic E-state index is 0.290. The van der Waals surface area contributed by atoms with E-state index in [2.05, 4.69) is 10.2 Å². The summed E-state index contributed by atoms with van der Waals surface area (Å²) in [4.78, 5) is 13.4. The number of hydrogen-bond donors (Lipinski definition) is 3. The minimum atomic E-state index is -0.397. The lowest BCUT2D eigenvalue weighted by Gasteiger charge is -1.90. The van der Waals surface area contributed by atoms with Crippen molar-refractivity contribution in [2.45, 2.75) is 6.92 Å². The molecule has 2 aromatic heterocycles. The molecule has 0 unspecified atom stereocenters. The van der Waals surface area contributed by atoms with Crippen LogP contribution in [0.25, 0.3) is 10.6 Å². The van der Waals surface area contributed by atoms with Crippen LogP contribution in [0.5, 0.6) is 0 Å². The fourth-order valence-corrected chi connectivity index (χ4v) is 2.05. The van der Waals surface area contributed by atoms with E-state index in [0.29, 0.717) is 5.69 Å². The number of carbonyl (C=O) groups excluding carboxylic acids is 1. The van der Waals surface area contributed by atoms with Gasteiger partial charge >= 0.3 is 0 Å². The van der Waals surface area contributed by atoms with Crippen LogP contribution >= 0.6 is 11.3 Å². The topological polar surface area (TPSA) is 83.8 Å². The van der Waals surface area contributed by atoms with Gasteiger partial charge in [0.2, 0.25) is 0 Å². The van der Waals surface area contributed by atoms with Crippen molar-refractivity contribution < 1.29 is 4.79 Å². The summed E-state index contributed by atoms with van der Waals surface area (Å²) < 4.78 is 0. The summed E-state index contributed by atoms with van der Waals surface area (Å²) in [5.74, 6) is 4.61. The molecule has 2 rings (SSSR count). The molecule has 1 amide bonds. The average molecular weight is 222 g/mol. The highest BCUT2D eigenvalue weighted by atomic mass is 32.1. The van der Waals surface area contributed by atoms with Gasteiger partial charge in [0.15, 0.2) is 5.69 Å². The van der Waals surface area contributed by atoms with Gasteiger partial charge < -0.3 is 0 Å². The van der Waals surface area contributed by atoms with Crippen molar-refractivity contribution in [3.05, 3.63) is 28.8 Å². The van der Waals surface area contributed by atoms with E-state index in [1.165, 1.54) is 4.88 Å². The van der Waals surface area contributed by atoms with E-state index < -0.39 is 5.91 Å². The van der Waals surface area contributed by atoms with Crippen LogP contribution in [-0.4, -0.2) is 16.1 Å². The van der Waals surface area contributed by atoms with Crippen LogP contribution in [0.15, 0.2) is 18.2 Å². The largest absolute Gasteiger partial charge is 0.289 e. The molecule has 5 nitrogen and oxygen atoms in total. The maximum atomic E-state index is 11.1. The molecular weight excluding hydrogens is 212 g/mol. The van der Waals surface area contributed by atoms with Crippen molar-refractivity contribution in [3.63, 3.8) is 0 Å². The number of amides is 1. The summed E-state index contributed by atoms with van der Waals surface area (Å²) in [6, 6.07) is 5.68. The molecule has 0 aliphatic rings. The summed E-state index contributed by atoms with van der Waals surface area (Å²) in [7, 11) is 0. The molecule has 0 atom stereocenters. The Morgan fingerprint density at radius 2 is 2.40 bits per heavy atom. The predicted octanol–water partition coefficient (Wildman–Crippen LogP) is 1.05. The number of rotatable bonds is 2. The molecule has 4 N–H and O–H groups in total. The number of hydrazine groups is 1. The van der Waals surface area contributed by atoms with Gasteiger partial charge in [-0.3, -0.25) is 15.3 Å². The van der Waals surface area contributed by atoms with Crippen LogP contribution < -0.4 is 11.3 Å². The predicted molar refractivity (Wildman–Crippen MR) is 58.3 cm³/mol. The Labute approximate surface area is 90.3 Å². The summed E-state index contributed by atoms with van der Waals surface area (Å²) in [5, 5.41) is 6.66. The van der Waals surface area contributed by atoms with Gasteiger partial charge in [0.05, 0.1) is 10.6 Å². The lowest BCUT2D eigenvalue weighted by atomic mass is 10.3. The van der Waals surface area contributed by atoms with E-state index in [4.69, 9.17) is 5.84 Å². The highest BCUT2D eigenvalue weighted by molar-refractivity contribution is 7.15. The maximum Gasteiger partial charge on any atom is 0.285 e. The van der Waals surface area contributed by atoms with Gasteiger partial charge in [-0.25, -0.2) is 5.84 Å². The molecule has 2 heterocycles. The molecule has 15 heavy (non-hydrogen) atoms. The maximum absolute atomic E-state index is 11.1. The number of thiophene rings is 1. The fraction of sp³-hybridized carbons (Fsp3) is 0.111. The van der Waals surface area contributed by atoms with Gasteiger partial charge in [-0.1, -0.05) is 0 Å². The van der Waals surface area contributed by atoms with Crippen LogP contribution in [0, 0.1) is 6.92 Å². The van der Waals surface area contributed by atoms with Crippen molar-refractivity contribution in [3.8, 4) is 10.6 Å². The smallest absolute Gasteiger partial charge is 0.285 e. The molecule has 0 radical (unpaired) electrons. The van der Waals surface area contributed by atoms with Crippen molar-refractivity contribution >= 4 is 17.2 Å². The van der Waals surface area contributed by atoms with E-state index in [1.54, 1.807) is 17.4 Å². The number of aryl methyl sites for hydroxylation is 1. The number of carbonyl (C=O) groups is 1. The van der Waals surface area contributed by atoms with E-state index in [1.807, 2.05) is 24.5 Å². The first-order chi connectivity index (χ1) is 7.20.